The molecule has 0 atom stereocenters. The van der Waals surface area contributed by atoms with Crippen molar-refractivity contribution in [2.75, 3.05) is 0 Å². The molecule has 0 amide bonds. The Morgan fingerprint density at radius 3 is 1.96 bits per heavy atom. The number of halogens is 6. The lowest BCUT2D eigenvalue weighted by Gasteiger charge is -2.14. The van der Waals surface area contributed by atoms with Crippen molar-refractivity contribution in [1.82, 2.24) is 4.98 Å². The number of rotatable bonds is 1. The first-order valence-corrected chi connectivity index (χ1v) is 6.81. The van der Waals surface area contributed by atoms with Gasteiger partial charge < -0.3 is 0 Å². The molecule has 7 heteroatoms. The van der Waals surface area contributed by atoms with Gasteiger partial charge >= 0.3 is 12.4 Å². The highest BCUT2D eigenvalue weighted by atomic mass is 19.4. The van der Waals surface area contributed by atoms with Crippen molar-refractivity contribution in [3.05, 3.63) is 65.9 Å². The Morgan fingerprint density at radius 1 is 0.708 bits per heavy atom. The summed E-state index contributed by atoms with van der Waals surface area (Å²) in [6.07, 6.45) is -9.29. The van der Waals surface area contributed by atoms with Crippen LogP contribution in [0.2, 0.25) is 0 Å². The van der Waals surface area contributed by atoms with E-state index >= 15 is 0 Å². The van der Waals surface area contributed by atoms with Gasteiger partial charge in [0.25, 0.3) is 0 Å². The zero-order valence-electron chi connectivity index (χ0n) is 11.9. The van der Waals surface area contributed by atoms with Gasteiger partial charge in [0.05, 0.1) is 11.1 Å². The molecule has 0 radical (unpaired) electrons. The van der Waals surface area contributed by atoms with Crippen LogP contribution in [-0.4, -0.2) is 4.98 Å². The molecule has 0 aliphatic carbocycles. The standard InChI is InChI=1S/C17H9F6N/c18-16(19,20)11-6-7-14-13(8-11)12(10-4-2-1-3-5-10)9-15(24-14)17(21,22)23/h1-9H. The van der Waals surface area contributed by atoms with Crippen molar-refractivity contribution < 1.29 is 26.3 Å². The number of hydrogen-bond acceptors (Lipinski definition) is 1. The van der Waals surface area contributed by atoms with E-state index in [1.165, 1.54) is 12.1 Å². The molecule has 0 aliphatic heterocycles. The summed E-state index contributed by atoms with van der Waals surface area (Å²) >= 11 is 0. The predicted molar refractivity (Wildman–Crippen MR) is 77.2 cm³/mol. The number of aromatic nitrogens is 1. The third-order valence-electron chi connectivity index (χ3n) is 3.51. The Balaban J connectivity index is 2.35. The van der Waals surface area contributed by atoms with Gasteiger partial charge in [0, 0.05) is 5.39 Å². The number of hydrogen-bond donors (Lipinski definition) is 0. The van der Waals surface area contributed by atoms with E-state index in [9.17, 15) is 26.3 Å². The van der Waals surface area contributed by atoms with Gasteiger partial charge in [-0.05, 0) is 35.4 Å². The highest BCUT2D eigenvalue weighted by Gasteiger charge is 2.34. The molecule has 0 fully saturated rings. The lowest BCUT2D eigenvalue weighted by Crippen LogP contribution is -2.09. The molecule has 0 bridgehead atoms. The van der Waals surface area contributed by atoms with E-state index < -0.39 is 23.6 Å². The van der Waals surface area contributed by atoms with E-state index in [1.54, 1.807) is 18.2 Å². The van der Waals surface area contributed by atoms with Crippen molar-refractivity contribution >= 4 is 10.9 Å². The topological polar surface area (TPSA) is 12.9 Å². The Kier molecular flexibility index (Phi) is 3.74. The molecule has 0 saturated heterocycles. The fourth-order valence-corrected chi connectivity index (χ4v) is 2.40. The molecule has 3 rings (SSSR count). The van der Waals surface area contributed by atoms with Crippen LogP contribution in [0.4, 0.5) is 26.3 Å². The molecule has 0 N–H and O–H groups in total. The highest BCUT2D eigenvalue weighted by Crippen LogP contribution is 2.38. The SMILES string of the molecule is FC(F)(F)c1ccc2nc(C(F)(F)F)cc(-c3ccccc3)c2c1. The van der Waals surface area contributed by atoms with Gasteiger partial charge in [0.15, 0.2) is 0 Å². The van der Waals surface area contributed by atoms with Crippen LogP contribution < -0.4 is 0 Å². The molecule has 1 aromatic heterocycles. The summed E-state index contributed by atoms with van der Waals surface area (Å²) in [5, 5.41) is 0.0176. The molecule has 0 saturated carbocycles. The summed E-state index contributed by atoms with van der Waals surface area (Å²) in [6.45, 7) is 0. The number of nitrogens with zero attached hydrogens (tertiary/aromatic N) is 1. The van der Waals surface area contributed by atoms with Crippen LogP contribution in [0.5, 0.6) is 0 Å². The maximum absolute atomic E-state index is 13.0. The fraction of sp³-hybridized carbons (Fsp3) is 0.118. The molecule has 0 spiro atoms. The van der Waals surface area contributed by atoms with E-state index in [0.29, 0.717) is 5.56 Å². The maximum Gasteiger partial charge on any atom is 0.433 e. The second kappa shape index (κ2) is 5.51. The zero-order valence-corrected chi connectivity index (χ0v) is 11.9. The first kappa shape index (κ1) is 16.3. The molecule has 0 aliphatic rings. The van der Waals surface area contributed by atoms with E-state index in [4.69, 9.17) is 0 Å². The van der Waals surface area contributed by atoms with Crippen molar-refractivity contribution in [3.8, 4) is 11.1 Å². The van der Waals surface area contributed by atoms with Crippen LogP contribution in [0, 0.1) is 0 Å². The minimum Gasteiger partial charge on any atom is -0.243 e. The van der Waals surface area contributed by atoms with Gasteiger partial charge in [-0.3, -0.25) is 0 Å². The molecule has 1 nitrogen and oxygen atoms in total. The fourth-order valence-electron chi connectivity index (χ4n) is 2.40. The molecular weight excluding hydrogens is 332 g/mol. The summed E-state index contributed by atoms with van der Waals surface area (Å²) < 4.78 is 77.9. The first-order valence-electron chi connectivity index (χ1n) is 6.81. The van der Waals surface area contributed by atoms with E-state index in [-0.39, 0.29) is 16.5 Å². The number of fused-ring (bicyclic) bond motifs is 1. The summed E-state index contributed by atoms with van der Waals surface area (Å²) in [5.74, 6) is 0. The maximum atomic E-state index is 13.0. The van der Waals surface area contributed by atoms with Crippen LogP contribution >= 0.6 is 0 Å². The average Bonchev–Trinajstić information content (AvgIpc) is 2.52. The monoisotopic (exact) mass is 341 g/mol. The molecule has 2 aromatic carbocycles. The quantitative estimate of drug-likeness (QED) is 0.499. The molecule has 3 aromatic rings. The minimum absolute atomic E-state index is 0.0176. The van der Waals surface area contributed by atoms with Gasteiger partial charge in [0.1, 0.15) is 5.69 Å². The van der Waals surface area contributed by atoms with Crippen LogP contribution in [-0.2, 0) is 12.4 Å². The van der Waals surface area contributed by atoms with Crippen molar-refractivity contribution in [2.45, 2.75) is 12.4 Å². The molecule has 1 heterocycles. The Labute approximate surface area is 132 Å². The zero-order chi connectivity index (χ0) is 17.5. The number of benzene rings is 2. The van der Waals surface area contributed by atoms with Crippen LogP contribution in [0.1, 0.15) is 11.3 Å². The lowest BCUT2D eigenvalue weighted by molar-refractivity contribution is -0.141. The largest absolute Gasteiger partial charge is 0.433 e. The lowest BCUT2D eigenvalue weighted by atomic mass is 9.98. The number of pyridine rings is 1. The van der Waals surface area contributed by atoms with Crippen LogP contribution in [0.3, 0.4) is 0 Å². The summed E-state index contributed by atoms with van der Waals surface area (Å²) in [6, 6.07) is 11.2. The van der Waals surface area contributed by atoms with Gasteiger partial charge in [-0.2, -0.15) is 26.3 Å². The second-order valence-corrected chi connectivity index (χ2v) is 5.15. The number of alkyl halides is 6. The molecule has 0 unspecified atom stereocenters. The average molecular weight is 341 g/mol. The van der Waals surface area contributed by atoms with Gasteiger partial charge in [0.2, 0.25) is 0 Å². The van der Waals surface area contributed by atoms with Crippen LogP contribution in [0.25, 0.3) is 22.0 Å². The molecule has 24 heavy (non-hydrogen) atoms. The Hall–Kier alpha value is -2.57. The van der Waals surface area contributed by atoms with Crippen molar-refractivity contribution in [1.29, 1.82) is 0 Å². The van der Waals surface area contributed by atoms with E-state index in [2.05, 4.69) is 4.98 Å². The Morgan fingerprint density at radius 2 is 1.38 bits per heavy atom. The smallest absolute Gasteiger partial charge is 0.243 e. The van der Waals surface area contributed by atoms with Gasteiger partial charge in [-0.15, -0.1) is 0 Å². The summed E-state index contributed by atoms with van der Waals surface area (Å²) in [4.78, 5) is 3.46. The van der Waals surface area contributed by atoms with Gasteiger partial charge in [-0.1, -0.05) is 30.3 Å². The minimum atomic E-state index is -4.69. The predicted octanol–water partition coefficient (Wildman–Crippen LogP) is 5.94. The summed E-state index contributed by atoms with van der Waals surface area (Å²) in [5.41, 5.74) is -1.78. The summed E-state index contributed by atoms with van der Waals surface area (Å²) in [7, 11) is 0. The highest BCUT2D eigenvalue weighted by molar-refractivity contribution is 5.95. The van der Waals surface area contributed by atoms with E-state index in [1.807, 2.05) is 0 Å². The van der Waals surface area contributed by atoms with Crippen molar-refractivity contribution in [3.63, 3.8) is 0 Å². The van der Waals surface area contributed by atoms with Crippen LogP contribution in [0.15, 0.2) is 54.6 Å². The third-order valence-corrected chi connectivity index (χ3v) is 3.51. The second-order valence-electron chi connectivity index (χ2n) is 5.15. The van der Waals surface area contributed by atoms with E-state index in [0.717, 1.165) is 24.3 Å². The molecule has 124 valence electrons. The normalized spacial score (nSPS) is 12.6. The van der Waals surface area contributed by atoms with Crippen molar-refractivity contribution in [2.24, 2.45) is 0 Å². The Bertz CT molecular complexity index is 881. The molecular formula is C17H9F6N. The third kappa shape index (κ3) is 3.06. The van der Waals surface area contributed by atoms with Gasteiger partial charge in [-0.25, -0.2) is 4.98 Å². The first-order chi connectivity index (χ1) is 11.2.